The maximum Gasteiger partial charge on any atom is 0.229 e. The summed E-state index contributed by atoms with van der Waals surface area (Å²) in [6.07, 6.45) is 3.05. The van der Waals surface area contributed by atoms with Gasteiger partial charge in [-0.2, -0.15) is 15.0 Å². The number of nitrogens with one attached hydrogen (secondary N) is 2. The van der Waals surface area contributed by atoms with Crippen LogP contribution in [0.3, 0.4) is 0 Å². The number of anilines is 2. The maximum absolute atomic E-state index is 5.92. The minimum atomic E-state index is -0.148. The molecular weight excluding hydrogens is 266 g/mol. The Balaban J connectivity index is 2.08. The Kier molecular flexibility index (Phi) is 4.76. The molecule has 0 bridgehead atoms. The molecule has 1 aromatic rings. The van der Waals surface area contributed by atoms with Gasteiger partial charge in [0.25, 0.3) is 0 Å². The van der Waals surface area contributed by atoms with Gasteiger partial charge in [-0.3, -0.25) is 0 Å². The number of aromatic nitrogens is 3. The van der Waals surface area contributed by atoms with Crippen LogP contribution in [0.5, 0.6) is 0 Å². The van der Waals surface area contributed by atoms with Crippen molar-refractivity contribution in [2.75, 3.05) is 30.4 Å². The summed E-state index contributed by atoms with van der Waals surface area (Å²) in [5.41, 5.74) is -0.148. The fourth-order valence-corrected chi connectivity index (χ4v) is 2.18. The van der Waals surface area contributed by atoms with Gasteiger partial charge in [-0.15, -0.1) is 0 Å². The molecule has 0 radical (unpaired) electrons. The Morgan fingerprint density at radius 3 is 2.79 bits per heavy atom. The van der Waals surface area contributed by atoms with Crippen LogP contribution in [0.25, 0.3) is 0 Å². The highest BCUT2D eigenvalue weighted by Gasteiger charge is 2.28. The number of halogens is 1. The number of hydrogen-bond acceptors (Lipinski definition) is 6. The molecule has 0 saturated carbocycles. The molecule has 6 nitrogen and oxygen atoms in total. The number of ether oxygens (including phenoxy) is 1. The van der Waals surface area contributed by atoms with Gasteiger partial charge in [0.15, 0.2) is 0 Å². The van der Waals surface area contributed by atoms with E-state index in [4.69, 9.17) is 16.3 Å². The molecule has 106 valence electrons. The van der Waals surface area contributed by atoms with Gasteiger partial charge in [-0.1, -0.05) is 6.92 Å². The fourth-order valence-electron chi connectivity index (χ4n) is 2.02. The summed E-state index contributed by atoms with van der Waals surface area (Å²) in [6.45, 7) is 6.45. The minimum Gasteiger partial charge on any atom is -0.379 e. The normalized spacial score (nSPS) is 23.1. The van der Waals surface area contributed by atoms with Crippen LogP contribution in [0.4, 0.5) is 11.9 Å². The summed E-state index contributed by atoms with van der Waals surface area (Å²) in [5, 5.41) is 6.60. The second-order valence-corrected chi connectivity index (χ2v) is 5.36. The molecule has 2 N–H and O–H groups in total. The smallest absolute Gasteiger partial charge is 0.229 e. The molecule has 1 saturated heterocycles. The Bertz CT molecular complexity index is 423. The van der Waals surface area contributed by atoms with Crippen LogP contribution in [-0.2, 0) is 4.74 Å². The third kappa shape index (κ3) is 4.18. The molecule has 0 amide bonds. The maximum atomic E-state index is 5.92. The highest BCUT2D eigenvalue weighted by molar-refractivity contribution is 6.28. The lowest BCUT2D eigenvalue weighted by atomic mass is 9.95. The van der Waals surface area contributed by atoms with Crippen molar-refractivity contribution in [2.45, 2.75) is 38.6 Å². The molecule has 0 aliphatic carbocycles. The zero-order valence-corrected chi connectivity index (χ0v) is 12.1. The summed E-state index contributed by atoms with van der Waals surface area (Å²) < 4.78 is 5.50. The van der Waals surface area contributed by atoms with E-state index >= 15 is 0 Å². The van der Waals surface area contributed by atoms with Crippen molar-refractivity contribution in [3.8, 4) is 0 Å². The first-order valence-electron chi connectivity index (χ1n) is 6.63. The van der Waals surface area contributed by atoms with Crippen LogP contribution in [0.2, 0.25) is 5.28 Å². The summed E-state index contributed by atoms with van der Waals surface area (Å²) >= 11 is 5.92. The topological polar surface area (TPSA) is 72.0 Å². The summed E-state index contributed by atoms with van der Waals surface area (Å²) in [7, 11) is 0. The zero-order valence-electron chi connectivity index (χ0n) is 11.4. The van der Waals surface area contributed by atoms with Gasteiger partial charge in [0.05, 0.1) is 12.1 Å². The lowest BCUT2D eigenvalue weighted by Crippen LogP contribution is -2.43. The van der Waals surface area contributed by atoms with Crippen LogP contribution in [0.1, 0.15) is 33.1 Å². The quantitative estimate of drug-likeness (QED) is 0.865. The van der Waals surface area contributed by atoms with Crippen molar-refractivity contribution in [1.29, 1.82) is 0 Å². The summed E-state index contributed by atoms with van der Waals surface area (Å²) in [4.78, 5) is 12.5. The van der Waals surface area contributed by atoms with E-state index < -0.39 is 0 Å². The van der Waals surface area contributed by atoms with Crippen LogP contribution >= 0.6 is 11.6 Å². The van der Waals surface area contributed by atoms with E-state index in [1.165, 1.54) is 0 Å². The van der Waals surface area contributed by atoms with Gasteiger partial charge in [0, 0.05) is 13.2 Å². The monoisotopic (exact) mass is 285 g/mol. The van der Waals surface area contributed by atoms with E-state index in [2.05, 4.69) is 39.4 Å². The first-order valence-corrected chi connectivity index (χ1v) is 7.00. The fraction of sp³-hybridized carbons (Fsp3) is 0.750. The second-order valence-electron chi connectivity index (χ2n) is 5.02. The molecule has 0 spiro atoms. The van der Waals surface area contributed by atoms with E-state index in [-0.39, 0.29) is 10.8 Å². The van der Waals surface area contributed by atoms with Gasteiger partial charge < -0.3 is 15.4 Å². The van der Waals surface area contributed by atoms with Gasteiger partial charge in [0.2, 0.25) is 17.2 Å². The first kappa shape index (κ1) is 14.3. The zero-order chi connectivity index (χ0) is 13.7. The van der Waals surface area contributed by atoms with Gasteiger partial charge in [0.1, 0.15) is 0 Å². The Morgan fingerprint density at radius 1 is 1.32 bits per heavy atom. The first-order chi connectivity index (χ1) is 9.11. The second kappa shape index (κ2) is 6.34. The van der Waals surface area contributed by atoms with E-state index in [1.54, 1.807) is 0 Å². The number of hydrogen-bond donors (Lipinski definition) is 2. The summed E-state index contributed by atoms with van der Waals surface area (Å²) in [6, 6.07) is 0. The predicted octanol–water partition coefficient (Wildman–Crippen LogP) is 2.33. The van der Waals surface area contributed by atoms with Crippen LogP contribution in [0, 0.1) is 0 Å². The lowest BCUT2D eigenvalue weighted by Gasteiger charge is -2.34. The number of nitrogens with zero attached hydrogens (tertiary/aromatic N) is 3. The Morgan fingerprint density at radius 2 is 2.11 bits per heavy atom. The Hall–Kier alpha value is -1.14. The number of rotatable bonds is 5. The standard InChI is InChI=1S/C12H20ClN5O/c1-3-6-14-10-15-9(13)16-11(17-10)18-12(2)5-4-7-19-8-12/h3-8H2,1-2H3,(H2,14,15,16,17,18). The molecule has 7 heteroatoms. The molecule has 2 rings (SSSR count). The molecule has 0 aromatic carbocycles. The van der Waals surface area contributed by atoms with Crippen molar-refractivity contribution >= 4 is 23.5 Å². The minimum absolute atomic E-state index is 0.148. The van der Waals surface area contributed by atoms with Gasteiger partial charge in [-0.25, -0.2) is 0 Å². The van der Waals surface area contributed by atoms with Crippen molar-refractivity contribution in [3.63, 3.8) is 0 Å². The van der Waals surface area contributed by atoms with E-state index in [0.717, 1.165) is 32.4 Å². The molecular formula is C12H20ClN5O. The van der Waals surface area contributed by atoms with E-state index in [0.29, 0.717) is 18.5 Å². The third-order valence-electron chi connectivity index (χ3n) is 2.99. The predicted molar refractivity (Wildman–Crippen MR) is 75.7 cm³/mol. The van der Waals surface area contributed by atoms with Gasteiger partial charge >= 0.3 is 0 Å². The van der Waals surface area contributed by atoms with Gasteiger partial charge in [-0.05, 0) is 37.8 Å². The average molecular weight is 286 g/mol. The van der Waals surface area contributed by atoms with Crippen molar-refractivity contribution in [3.05, 3.63) is 5.28 Å². The van der Waals surface area contributed by atoms with Crippen molar-refractivity contribution in [2.24, 2.45) is 0 Å². The molecule has 1 aliphatic rings. The van der Waals surface area contributed by atoms with E-state index in [1.807, 2.05) is 0 Å². The highest BCUT2D eigenvalue weighted by Crippen LogP contribution is 2.23. The lowest BCUT2D eigenvalue weighted by molar-refractivity contribution is 0.0537. The molecule has 1 aliphatic heterocycles. The SMILES string of the molecule is CCCNc1nc(Cl)nc(NC2(C)CCCOC2)n1. The average Bonchev–Trinajstić information content (AvgIpc) is 2.36. The van der Waals surface area contributed by atoms with Crippen molar-refractivity contribution < 1.29 is 4.74 Å². The molecule has 1 unspecified atom stereocenters. The van der Waals surface area contributed by atoms with Crippen molar-refractivity contribution in [1.82, 2.24) is 15.0 Å². The molecule has 19 heavy (non-hydrogen) atoms. The molecule has 1 aromatic heterocycles. The van der Waals surface area contributed by atoms with Crippen LogP contribution in [0.15, 0.2) is 0 Å². The molecule has 1 atom stereocenters. The largest absolute Gasteiger partial charge is 0.379 e. The summed E-state index contributed by atoms with van der Waals surface area (Å²) in [5.74, 6) is 0.997. The van der Waals surface area contributed by atoms with Crippen LogP contribution < -0.4 is 10.6 Å². The third-order valence-corrected chi connectivity index (χ3v) is 3.16. The van der Waals surface area contributed by atoms with Crippen LogP contribution in [-0.4, -0.2) is 40.2 Å². The molecule has 2 heterocycles. The highest BCUT2D eigenvalue weighted by atomic mass is 35.5. The Labute approximate surface area is 118 Å². The molecule has 1 fully saturated rings. The van der Waals surface area contributed by atoms with E-state index in [9.17, 15) is 0 Å².